The summed E-state index contributed by atoms with van der Waals surface area (Å²) in [7, 11) is 0. The first-order valence-electron chi connectivity index (χ1n) is 6.92. The summed E-state index contributed by atoms with van der Waals surface area (Å²) in [6, 6.07) is 29.9. The minimum atomic E-state index is -0.0321. The molecule has 0 aliphatic carbocycles. The molecule has 0 radical (unpaired) electrons. The van der Waals surface area contributed by atoms with Crippen LogP contribution in [0.3, 0.4) is 0 Å². The van der Waals surface area contributed by atoms with E-state index in [9.17, 15) is 0 Å². The Labute approximate surface area is 136 Å². The minimum Gasteiger partial charge on any atom is -0.0622 e. The molecular weight excluding hydrogens is 367 g/mol. The van der Waals surface area contributed by atoms with Crippen LogP contribution < -0.4 is 21.2 Å². The second kappa shape index (κ2) is 7.23. The lowest BCUT2D eigenvalue weighted by Gasteiger charge is -2.01. The number of hydrogen-bond donors (Lipinski definition) is 0. The summed E-state index contributed by atoms with van der Waals surface area (Å²) in [6.07, 6.45) is 2.23. The highest BCUT2D eigenvalue weighted by Gasteiger charge is 2.05. The van der Waals surface area contributed by atoms with Crippen LogP contribution in [0.1, 0.15) is 5.56 Å². The first-order chi connectivity index (χ1) is 10.4. The molecule has 3 rings (SSSR count). The summed E-state index contributed by atoms with van der Waals surface area (Å²) in [4.78, 5) is 0. The predicted octanol–water partition coefficient (Wildman–Crippen LogP) is 2.28. The van der Waals surface area contributed by atoms with Crippen molar-refractivity contribution >= 4 is 6.08 Å². The zero-order valence-electron chi connectivity index (χ0n) is 11.6. The molecule has 0 aromatic heterocycles. The van der Waals surface area contributed by atoms with Crippen molar-refractivity contribution in [2.75, 3.05) is 0 Å². The lowest BCUT2D eigenvalue weighted by Crippen LogP contribution is -3.59. The fourth-order valence-electron chi connectivity index (χ4n) is 2.08. The van der Waals surface area contributed by atoms with Crippen molar-refractivity contribution in [3.8, 4) is 11.1 Å². The number of rotatable bonds is 4. The highest BCUT2D eigenvalue weighted by Crippen LogP contribution is 2.19. The topological polar surface area (TPSA) is 0 Å². The van der Waals surface area contributed by atoms with Crippen molar-refractivity contribution in [1.29, 1.82) is 0 Å². The highest BCUT2D eigenvalue weighted by atomic mass is 127. The number of hydrogen-bond acceptors (Lipinski definition) is 0. The van der Waals surface area contributed by atoms with E-state index in [-0.39, 0.29) is 21.2 Å². The maximum absolute atomic E-state index is 2.33. The van der Waals surface area contributed by atoms with E-state index in [1.54, 1.807) is 0 Å². The zero-order valence-corrected chi connectivity index (χ0v) is 13.8. The maximum atomic E-state index is 2.33. The van der Waals surface area contributed by atoms with E-state index < -0.39 is 0 Å². The Kier molecular flexibility index (Phi) is 4.85. The Hall–Kier alpha value is -1.87. The quantitative estimate of drug-likeness (QED) is 0.607. The van der Waals surface area contributed by atoms with Crippen molar-refractivity contribution in [2.24, 2.45) is 0 Å². The molecule has 0 bridgehead atoms. The van der Waals surface area contributed by atoms with E-state index in [0.717, 1.165) is 0 Å². The molecule has 0 aliphatic heterocycles. The molecule has 1 heteroatoms. The summed E-state index contributed by atoms with van der Waals surface area (Å²) in [5.74, 6) is 0. The van der Waals surface area contributed by atoms with Crippen LogP contribution in [0.2, 0.25) is 0 Å². The van der Waals surface area contributed by atoms with Crippen molar-refractivity contribution in [3.63, 3.8) is 0 Å². The van der Waals surface area contributed by atoms with Gasteiger partial charge in [-0.05, 0) is 34.9 Å². The zero-order chi connectivity index (χ0) is 14.3. The van der Waals surface area contributed by atoms with Crippen LogP contribution in [0.15, 0.2) is 89.0 Å². The van der Waals surface area contributed by atoms with Gasteiger partial charge in [-0.15, -0.1) is 0 Å². The van der Waals surface area contributed by atoms with E-state index in [1.807, 2.05) is 6.07 Å². The molecule has 21 heavy (non-hydrogen) atoms. The third-order valence-corrected chi connectivity index (χ3v) is 5.35. The maximum Gasteiger partial charge on any atom is 0.349 e. The van der Waals surface area contributed by atoms with Crippen LogP contribution in [0.4, 0.5) is 0 Å². The van der Waals surface area contributed by atoms with Gasteiger partial charge in [0.1, 0.15) is 0 Å². The second-order valence-electron chi connectivity index (χ2n) is 4.69. The van der Waals surface area contributed by atoms with Gasteiger partial charge in [-0.2, -0.15) is 0 Å². The highest BCUT2D eigenvalue weighted by molar-refractivity contribution is 5.65. The molecule has 0 unspecified atom stereocenters. The van der Waals surface area contributed by atoms with Crippen LogP contribution in [-0.4, -0.2) is 0 Å². The third kappa shape index (κ3) is 4.05. The van der Waals surface area contributed by atoms with Gasteiger partial charge < -0.3 is 0 Å². The average molecular weight is 383 g/mol. The average Bonchev–Trinajstić information content (AvgIpc) is 2.57. The van der Waals surface area contributed by atoms with E-state index in [1.165, 1.54) is 20.3 Å². The van der Waals surface area contributed by atoms with Gasteiger partial charge in [-0.3, -0.25) is 0 Å². The smallest absolute Gasteiger partial charge is 0.0622 e. The van der Waals surface area contributed by atoms with Gasteiger partial charge >= 0.3 is 21.2 Å². The Morgan fingerprint density at radius 3 is 1.81 bits per heavy atom. The Morgan fingerprint density at radius 2 is 1.14 bits per heavy atom. The van der Waals surface area contributed by atoms with E-state index >= 15 is 0 Å². The van der Waals surface area contributed by atoms with Crippen molar-refractivity contribution in [3.05, 3.63) is 98.1 Å². The Balaban J connectivity index is 1.67. The minimum absolute atomic E-state index is 0.0321. The lowest BCUT2D eigenvalue weighted by atomic mass is 10.0. The number of halogens is 1. The molecule has 0 saturated carbocycles. The molecule has 0 aliphatic rings. The van der Waals surface area contributed by atoms with Gasteiger partial charge in [0.25, 0.3) is 0 Å². The first-order valence-corrected chi connectivity index (χ1v) is 9.25. The summed E-state index contributed by atoms with van der Waals surface area (Å²) < 4.78 is 3.78. The molecule has 0 amide bonds. The predicted molar refractivity (Wildman–Crippen MR) is 86.1 cm³/mol. The largest absolute Gasteiger partial charge is 0.349 e. The van der Waals surface area contributed by atoms with Gasteiger partial charge in [-0.25, -0.2) is 0 Å². The van der Waals surface area contributed by atoms with E-state index in [2.05, 4.69) is 89.0 Å². The summed E-state index contributed by atoms with van der Waals surface area (Å²) in [6.45, 7) is 0. The van der Waals surface area contributed by atoms with Crippen molar-refractivity contribution in [1.82, 2.24) is 0 Å². The first kappa shape index (κ1) is 14.1. The van der Waals surface area contributed by atoms with Crippen LogP contribution >= 0.6 is 0 Å². The Morgan fingerprint density at radius 1 is 0.571 bits per heavy atom. The van der Waals surface area contributed by atoms with Gasteiger partial charge in [0.05, 0.1) is 0 Å². The molecule has 3 aromatic rings. The molecule has 3 aromatic carbocycles. The molecule has 0 heterocycles. The van der Waals surface area contributed by atoms with Crippen LogP contribution in [0.25, 0.3) is 17.2 Å². The molecule has 0 atom stereocenters. The Bertz CT molecular complexity index is 698. The monoisotopic (exact) mass is 383 g/mol. The summed E-state index contributed by atoms with van der Waals surface area (Å²) in [5.41, 5.74) is 3.81. The van der Waals surface area contributed by atoms with Crippen LogP contribution in [0.5, 0.6) is 0 Å². The van der Waals surface area contributed by atoms with Gasteiger partial charge in [0.15, 0.2) is 7.65 Å². The number of benzene rings is 3. The standard InChI is InChI=1S/C20H16I/c1-3-7-18(8-4-1)19-13-11-17(12-14-19)15-16-21-20-9-5-2-6-10-20/h1-16H/q+1/b16-15+. The van der Waals surface area contributed by atoms with E-state index in [4.69, 9.17) is 0 Å². The van der Waals surface area contributed by atoms with Gasteiger partial charge in [0.2, 0.25) is 0 Å². The molecule has 102 valence electrons. The molecule has 0 N–H and O–H groups in total. The SMILES string of the molecule is C(=C\c1ccc(-c2ccccc2)cc1)/[I+]c1ccccc1. The van der Waals surface area contributed by atoms with Crippen LogP contribution in [-0.2, 0) is 0 Å². The van der Waals surface area contributed by atoms with Gasteiger partial charge in [0, 0.05) is 0 Å². The molecule has 0 nitrogen and oxygen atoms in total. The van der Waals surface area contributed by atoms with Gasteiger partial charge in [-0.1, -0.05) is 72.8 Å². The molecular formula is C20H16I+. The van der Waals surface area contributed by atoms with Crippen molar-refractivity contribution < 1.29 is 21.2 Å². The fraction of sp³-hybridized carbons (Fsp3) is 0. The second-order valence-corrected chi connectivity index (χ2v) is 7.27. The lowest BCUT2D eigenvalue weighted by molar-refractivity contribution is -0.555. The summed E-state index contributed by atoms with van der Waals surface area (Å²) in [5, 5.41) is 0. The fourth-order valence-corrected chi connectivity index (χ4v) is 3.92. The van der Waals surface area contributed by atoms with Crippen LogP contribution in [0, 0.1) is 3.57 Å². The molecule has 0 spiro atoms. The molecule has 0 saturated heterocycles. The third-order valence-electron chi connectivity index (χ3n) is 3.20. The molecule has 0 fully saturated rings. The normalized spacial score (nSPS) is 10.9. The van der Waals surface area contributed by atoms with Crippen molar-refractivity contribution in [2.45, 2.75) is 0 Å². The summed E-state index contributed by atoms with van der Waals surface area (Å²) >= 11 is -0.0321. The van der Waals surface area contributed by atoms with E-state index in [0.29, 0.717) is 0 Å².